The van der Waals surface area contributed by atoms with Gasteiger partial charge in [-0.2, -0.15) is 5.10 Å². The Labute approximate surface area is 111 Å². The van der Waals surface area contributed by atoms with E-state index in [-0.39, 0.29) is 11.9 Å². The quantitative estimate of drug-likeness (QED) is 0.878. The summed E-state index contributed by atoms with van der Waals surface area (Å²) in [6.07, 6.45) is 1.79. The minimum Gasteiger partial charge on any atom is -0.351 e. The summed E-state index contributed by atoms with van der Waals surface area (Å²) in [4.78, 5) is 13.9. The van der Waals surface area contributed by atoms with Crippen molar-refractivity contribution in [3.8, 4) is 0 Å². The van der Waals surface area contributed by atoms with Crippen LogP contribution in [0.2, 0.25) is 5.15 Å². The molecule has 3 heterocycles. The fourth-order valence-electron chi connectivity index (χ4n) is 3.00. The Hall–Kier alpha value is -1.07. The Balaban J connectivity index is 1.83. The molecule has 0 aliphatic carbocycles. The molecule has 1 N–H and O–H groups in total. The van der Waals surface area contributed by atoms with Crippen molar-refractivity contribution in [2.24, 2.45) is 7.05 Å². The van der Waals surface area contributed by atoms with E-state index in [0.29, 0.717) is 11.2 Å². The van der Waals surface area contributed by atoms with Gasteiger partial charge in [-0.3, -0.25) is 14.4 Å². The lowest BCUT2D eigenvalue weighted by Crippen LogP contribution is -2.47. The van der Waals surface area contributed by atoms with Crippen LogP contribution in [0.15, 0.2) is 0 Å². The highest BCUT2D eigenvalue weighted by Crippen LogP contribution is 2.29. The molecule has 3 rings (SSSR count). The molecule has 0 unspecified atom stereocenters. The number of halogens is 1. The van der Waals surface area contributed by atoms with Gasteiger partial charge in [-0.05, 0) is 12.8 Å². The highest BCUT2D eigenvalue weighted by molar-refractivity contribution is 6.30. The van der Waals surface area contributed by atoms with Crippen molar-refractivity contribution < 1.29 is 4.79 Å². The van der Waals surface area contributed by atoms with Crippen molar-refractivity contribution in [2.45, 2.75) is 38.4 Å². The highest BCUT2D eigenvalue weighted by Gasteiger charge is 2.44. The van der Waals surface area contributed by atoms with Gasteiger partial charge >= 0.3 is 0 Å². The molecule has 2 saturated heterocycles. The van der Waals surface area contributed by atoms with Crippen molar-refractivity contribution in [1.82, 2.24) is 20.0 Å². The van der Waals surface area contributed by atoms with E-state index in [1.165, 1.54) is 0 Å². The number of fused-ring (bicyclic) bond motifs is 2. The third-order valence-electron chi connectivity index (χ3n) is 3.90. The lowest BCUT2D eigenvalue weighted by Gasteiger charge is -2.26. The summed E-state index contributed by atoms with van der Waals surface area (Å²) in [5.74, 6) is 0.157. The number of carbonyl (C=O) groups excluding carboxylic acids is 1. The number of likely N-dealkylation sites (tertiary alicyclic amines) is 1. The molecular weight excluding hydrogens is 252 g/mol. The first-order valence-corrected chi connectivity index (χ1v) is 6.72. The van der Waals surface area contributed by atoms with Crippen LogP contribution in [-0.2, 0) is 24.8 Å². The number of aromatic nitrogens is 2. The van der Waals surface area contributed by atoms with Crippen LogP contribution in [0, 0.1) is 0 Å². The number of hydrogen-bond donors (Lipinski definition) is 1. The maximum Gasteiger partial charge on any atom is 0.237 e. The topological polar surface area (TPSA) is 50.2 Å². The number of piperazine rings is 1. The SMILES string of the molecule is CCc1nn(C)c(Cl)c1CN1C[C@@H]2C[C@H]1C(=O)N2. The minimum absolute atomic E-state index is 0.0241. The summed E-state index contributed by atoms with van der Waals surface area (Å²) < 4.78 is 1.71. The Kier molecular flexibility index (Phi) is 2.83. The first-order chi connectivity index (χ1) is 8.60. The van der Waals surface area contributed by atoms with E-state index in [1.807, 2.05) is 7.05 Å². The third kappa shape index (κ3) is 1.73. The number of rotatable bonds is 3. The number of aryl methyl sites for hydroxylation is 2. The molecule has 2 aliphatic heterocycles. The van der Waals surface area contributed by atoms with Gasteiger partial charge in [-0.25, -0.2) is 0 Å². The van der Waals surface area contributed by atoms with Crippen LogP contribution in [0.3, 0.4) is 0 Å². The van der Waals surface area contributed by atoms with Crippen LogP contribution in [0.4, 0.5) is 0 Å². The standard InChI is InChI=1S/C12H17ClN4O/c1-3-9-8(11(13)16(2)15-9)6-17-5-7-4-10(17)12(18)14-7/h7,10H,3-6H2,1-2H3,(H,14,18)/t7-,10-/m0/s1. The molecule has 0 radical (unpaired) electrons. The zero-order valence-electron chi connectivity index (χ0n) is 10.6. The first kappa shape index (κ1) is 12.0. The molecule has 2 aliphatic rings. The van der Waals surface area contributed by atoms with E-state index in [9.17, 15) is 4.79 Å². The number of nitrogens with zero attached hydrogens (tertiary/aromatic N) is 3. The predicted octanol–water partition coefficient (Wildman–Crippen LogP) is 0.709. The maximum absolute atomic E-state index is 11.7. The van der Waals surface area contributed by atoms with E-state index >= 15 is 0 Å². The molecule has 0 aromatic carbocycles. The zero-order valence-corrected chi connectivity index (χ0v) is 11.4. The molecular formula is C12H17ClN4O. The van der Waals surface area contributed by atoms with Crippen molar-refractivity contribution in [1.29, 1.82) is 0 Å². The van der Waals surface area contributed by atoms with Crippen molar-refractivity contribution in [3.05, 3.63) is 16.4 Å². The normalized spacial score (nSPS) is 26.9. The van der Waals surface area contributed by atoms with Crippen LogP contribution >= 0.6 is 11.6 Å². The molecule has 1 aromatic heterocycles. The van der Waals surface area contributed by atoms with Gasteiger partial charge in [0.05, 0.1) is 11.7 Å². The second-order valence-electron chi connectivity index (χ2n) is 5.08. The fraction of sp³-hybridized carbons (Fsp3) is 0.667. The molecule has 2 bridgehead atoms. The summed E-state index contributed by atoms with van der Waals surface area (Å²) in [6, 6.07) is 0.346. The summed E-state index contributed by atoms with van der Waals surface area (Å²) >= 11 is 6.28. The monoisotopic (exact) mass is 268 g/mol. The average Bonchev–Trinajstić information content (AvgIpc) is 2.97. The fourth-order valence-corrected chi connectivity index (χ4v) is 3.20. The Bertz CT molecular complexity index is 499. The van der Waals surface area contributed by atoms with Crippen molar-refractivity contribution in [3.63, 3.8) is 0 Å². The average molecular weight is 269 g/mol. The van der Waals surface area contributed by atoms with Crippen LogP contribution in [0.1, 0.15) is 24.6 Å². The molecule has 2 atom stereocenters. The van der Waals surface area contributed by atoms with E-state index in [1.54, 1.807) is 4.68 Å². The first-order valence-electron chi connectivity index (χ1n) is 6.34. The Morgan fingerprint density at radius 2 is 2.33 bits per heavy atom. The van der Waals surface area contributed by atoms with Gasteiger partial charge in [-0.15, -0.1) is 0 Å². The number of nitrogens with one attached hydrogen (secondary N) is 1. The van der Waals surface area contributed by atoms with E-state index in [4.69, 9.17) is 11.6 Å². The lowest BCUT2D eigenvalue weighted by atomic mass is 10.2. The third-order valence-corrected chi connectivity index (χ3v) is 4.37. The van der Waals surface area contributed by atoms with Crippen LogP contribution in [-0.4, -0.2) is 39.2 Å². The van der Waals surface area contributed by atoms with E-state index in [0.717, 1.165) is 37.2 Å². The van der Waals surface area contributed by atoms with Crippen LogP contribution in [0.5, 0.6) is 0 Å². The summed E-state index contributed by atoms with van der Waals surface area (Å²) in [7, 11) is 1.85. The number of carbonyl (C=O) groups is 1. The van der Waals surface area contributed by atoms with E-state index < -0.39 is 0 Å². The summed E-state index contributed by atoms with van der Waals surface area (Å²) in [6.45, 7) is 3.72. The van der Waals surface area contributed by atoms with Gasteiger partial charge in [0.2, 0.25) is 5.91 Å². The van der Waals surface area contributed by atoms with Crippen LogP contribution < -0.4 is 5.32 Å². The molecule has 1 aromatic rings. The predicted molar refractivity (Wildman–Crippen MR) is 68.3 cm³/mol. The second-order valence-corrected chi connectivity index (χ2v) is 5.44. The molecule has 5 nitrogen and oxygen atoms in total. The summed E-state index contributed by atoms with van der Waals surface area (Å²) in [5, 5.41) is 8.08. The molecule has 0 spiro atoms. The van der Waals surface area contributed by atoms with Gasteiger partial charge in [0, 0.05) is 31.7 Å². The largest absolute Gasteiger partial charge is 0.351 e. The Morgan fingerprint density at radius 1 is 1.56 bits per heavy atom. The van der Waals surface area contributed by atoms with Gasteiger partial charge in [0.15, 0.2) is 0 Å². The number of hydrogen-bond acceptors (Lipinski definition) is 3. The number of amides is 1. The van der Waals surface area contributed by atoms with Gasteiger partial charge < -0.3 is 5.32 Å². The van der Waals surface area contributed by atoms with Gasteiger partial charge in [-0.1, -0.05) is 18.5 Å². The molecule has 0 saturated carbocycles. The second kappa shape index (κ2) is 4.24. The molecule has 1 amide bonds. The van der Waals surface area contributed by atoms with Gasteiger partial charge in [0.25, 0.3) is 0 Å². The smallest absolute Gasteiger partial charge is 0.237 e. The van der Waals surface area contributed by atoms with Crippen LogP contribution in [0.25, 0.3) is 0 Å². The van der Waals surface area contributed by atoms with E-state index in [2.05, 4.69) is 22.2 Å². The van der Waals surface area contributed by atoms with Crippen molar-refractivity contribution >= 4 is 17.5 Å². The zero-order chi connectivity index (χ0) is 12.9. The highest BCUT2D eigenvalue weighted by atomic mass is 35.5. The molecule has 98 valence electrons. The molecule has 6 heteroatoms. The lowest BCUT2D eigenvalue weighted by molar-refractivity contribution is -0.125. The molecule has 2 fully saturated rings. The maximum atomic E-state index is 11.7. The minimum atomic E-state index is 0.0241. The summed E-state index contributed by atoms with van der Waals surface area (Å²) in [5.41, 5.74) is 2.10. The van der Waals surface area contributed by atoms with Crippen molar-refractivity contribution in [2.75, 3.05) is 6.54 Å². The molecule has 18 heavy (non-hydrogen) atoms. The Morgan fingerprint density at radius 3 is 2.94 bits per heavy atom. The van der Waals surface area contributed by atoms with Gasteiger partial charge in [0.1, 0.15) is 5.15 Å².